The van der Waals surface area contributed by atoms with Crippen LogP contribution in [0.4, 0.5) is 0 Å². The van der Waals surface area contributed by atoms with Gasteiger partial charge in [0.25, 0.3) is 0 Å². The predicted octanol–water partition coefficient (Wildman–Crippen LogP) is 0.377. The Labute approximate surface area is 161 Å². The molecule has 8 nitrogen and oxygen atoms in total. The molecule has 0 amide bonds. The third-order valence-corrected chi connectivity index (χ3v) is 5.31. The summed E-state index contributed by atoms with van der Waals surface area (Å²) in [6, 6.07) is 4.44. The average Bonchev–Trinajstić information content (AvgIpc) is 2.73. The minimum Gasteiger partial charge on any atom is -0.493 e. The van der Waals surface area contributed by atoms with Gasteiger partial charge in [0.15, 0.2) is 17.5 Å². The minimum atomic E-state index is 0.548. The van der Waals surface area contributed by atoms with Crippen molar-refractivity contribution < 1.29 is 14.2 Å². The van der Waals surface area contributed by atoms with E-state index in [1.807, 2.05) is 12.1 Å². The number of hydrogen-bond acceptors (Lipinski definition) is 6. The van der Waals surface area contributed by atoms with Crippen LogP contribution in [-0.4, -0.2) is 89.4 Å². The summed E-state index contributed by atoms with van der Waals surface area (Å²) in [5.74, 6) is 2.69. The second kappa shape index (κ2) is 9.14. The molecule has 0 saturated carbocycles. The van der Waals surface area contributed by atoms with Crippen molar-refractivity contribution in [2.24, 2.45) is 4.99 Å². The zero-order valence-electron chi connectivity index (χ0n) is 16.7. The van der Waals surface area contributed by atoms with E-state index in [9.17, 15) is 0 Å². The average molecular weight is 377 g/mol. The number of aliphatic imine (C=N–C) groups is 1. The van der Waals surface area contributed by atoms with Crippen molar-refractivity contribution in [3.8, 4) is 17.2 Å². The third-order valence-electron chi connectivity index (χ3n) is 5.31. The molecule has 2 N–H and O–H groups in total. The second-order valence-electron chi connectivity index (χ2n) is 6.83. The highest BCUT2D eigenvalue weighted by Crippen LogP contribution is 2.38. The molecule has 0 aliphatic carbocycles. The van der Waals surface area contributed by atoms with Crippen LogP contribution in [-0.2, 0) is 6.54 Å². The SMILES string of the molecule is CN=C(NCc1cc(OC)c(OC)c(OC)c1)NCC1CN2CCN1CC2. The fourth-order valence-electron chi connectivity index (χ4n) is 3.78. The lowest BCUT2D eigenvalue weighted by atomic mass is 10.1. The summed E-state index contributed by atoms with van der Waals surface area (Å²) in [6.07, 6.45) is 0. The molecule has 1 aromatic rings. The van der Waals surface area contributed by atoms with Crippen LogP contribution in [0.5, 0.6) is 17.2 Å². The Balaban J connectivity index is 1.56. The maximum atomic E-state index is 5.42. The van der Waals surface area contributed by atoms with E-state index in [-0.39, 0.29) is 0 Å². The molecule has 1 atom stereocenters. The molecule has 3 aliphatic rings. The molecule has 27 heavy (non-hydrogen) atoms. The number of rotatable bonds is 7. The summed E-state index contributed by atoms with van der Waals surface area (Å²) < 4.78 is 16.2. The highest BCUT2D eigenvalue weighted by atomic mass is 16.5. The van der Waals surface area contributed by atoms with Gasteiger partial charge in [0.1, 0.15) is 0 Å². The Morgan fingerprint density at radius 1 is 1.04 bits per heavy atom. The molecule has 4 rings (SSSR count). The third kappa shape index (κ3) is 4.56. The summed E-state index contributed by atoms with van der Waals surface area (Å²) in [4.78, 5) is 9.45. The molecule has 3 saturated heterocycles. The summed E-state index contributed by atoms with van der Waals surface area (Å²) in [5, 5.41) is 6.82. The smallest absolute Gasteiger partial charge is 0.203 e. The van der Waals surface area contributed by atoms with Gasteiger partial charge >= 0.3 is 0 Å². The number of methoxy groups -OCH3 is 3. The van der Waals surface area contributed by atoms with E-state index in [0.717, 1.165) is 24.6 Å². The summed E-state index contributed by atoms with van der Waals surface area (Å²) in [5.41, 5.74) is 1.03. The number of nitrogens with one attached hydrogen (secondary N) is 2. The molecule has 3 aliphatic heterocycles. The van der Waals surface area contributed by atoms with Crippen molar-refractivity contribution in [2.45, 2.75) is 12.6 Å². The molecule has 1 aromatic carbocycles. The Hall–Kier alpha value is -2.19. The predicted molar refractivity (Wildman–Crippen MR) is 106 cm³/mol. The van der Waals surface area contributed by atoms with E-state index < -0.39 is 0 Å². The van der Waals surface area contributed by atoms with E-state index in [4.69, 9.17) is 14.2 Å². The number of nitrogens with zero attached hydrogens (tertiary/aromatic N) is 3. The Morgan fingerprint density at radius 3 is 2.19 bits per heavy atom. The van der Waals surface area contributed by atoms with Gasteiger partial charge in [-0.3, -0.25) is 14.8 Å². The topological polar surface area (TPSA) is 70.6 Å². The molecular formula is C19H31N5O3. The standard InChI is InChI=1S/C19H31N5O3/c1-20-19(22-12-15-13-23-5-7-24(15)8-6-23)21-11-14-9-16(25-2)18(27-4)17(10-14)26-3/h9-10,15H,5-8,11-13H2,1-4H3,(H2,20,21,22). The zero-order chi connectivity index (χ0) is 19.2. The number of guanidine groups is 1. The Bertz CT molecular complexity index is 634. The summed E-state index contributed by atoms with van der Waals surface area (Å²) in [7, 11) is 6.65. The van der Waals surface area contributed by atoms with E-state index in [2.05, 4.69) is 25.4 Å². The number of hydrogen-bond donors (Lipinski definition) is 2. The highest BCUT2D eigenvalue weighted by molar-refractivity contribution is 5.79. The molecule has 0 radical (unpaired) electrons. The monoisotopic (exact) mass is 377 g/mol. The van der Waals surface area contributed by atoms with Gasteiger partial charge in [0, 0.05) is 58.9 Å². The highest BCUT2D eigenvalue weighted by Gasteiger charge is 2.31. The van der Waals surface area contributed by atoms with Gasteiger partial charge < -0.3 is 24.8 Å². The molecule has 150 valence electrons. The first kappa shape index (κ1) is 19.6. The van der Waals surface area contributed by atoms with Gasteiger partial charge in [0.2, 0.25) is 5.75 Å². The van der Waals surface area contributed by atoms with Crippen LogP contribution in [0.25, 0.3) is 0 Å². The van der Waals surface area contributed by atoms with Crippen molar-refractivity contribution in [3.05, 3.63) is 17.7 Å². The molecule has 1 unspecified atom stereocenters. The number of benzene rings is 1. The minimum absolute atomic E-state index is 0.548. The van der Waals surface area contributed by atoms with Gasteiger partial charge in [0.05, 0.1) is 21.3 Å². The van der Waals surface area contributed by atoms with E-state index >= 15 is 0 Å². The first-order chi connectivity index (χ1) is 13.2. The lowest BCUT2D eigenvalue weighted by molar-refractivity contribution is 0.0154. The van der Waals surface area contributed by atoms with Gasteiger partial charge in [-0.05, 0) is 17.7 Å². The van der Waals surface area contributed by atoms with Crippen LogP contribution in [0.15, 0.2) is 17.1 Å². The van der Waals surface area contributed by atoms with Crippen molar-refractivity contribution >= 4 is 5.96 Å². The fourth-order valence-corrected chi connectivity index (χ4v) is 3.78. The van der Waals surface area contributed by atoms with Crippen LogP contribution in [0.3, 0.4) is 0 Å². The van der Waals surface area contributed by atoms with Crippen LogP contribution >= 0.6 is 0 Å². The van der Waals surface area contributed by atoms with E-state index in [0.29, 0.717) is 29.8 Å². The summed E-state index contributed by atoms with van der Waals surface area (Å²) in [6.45, 7) is 7.38. The van der Waals surface area contributed by atoms with Crippen molar-refractivity contribution in [3.63, 3.8) is 0 Å². The summed E-state index contributed by atoms with van der Waals surface area (Å²) >= 11 is 0. The lowest BCUT2D eigenvalue weighted by Gasteiger charge is -2.47. The van der Waals surface area contributed by atoms with Crippen molar-refractivity contribution in [1.82, 2.24) is 20.4 Å². The molecule has 2 bridgehead atoms. The molecule has 8 heteroatoms. The van der Waals surface area contributed by atoms with Gasteiger partial charge in [-0.25, -0.2) is 0 Å². The first-order valence-corrected chi connectivity index (χ1v) is 9.38. The number of ether oxygens (including phenoxy) is 3. The Kier molecular flexibility index (Phi) is 6.63. The van der Waals surface area contributed by atoms with Gasteiger partial charge in [-0.15, -0.1) is 0 Å². The van der Waals surface area contributed by atoms with Crippen LogP contribution < -0.4 is 24.8 Å². The molecule has 0 aromatic heterocycles. The van der Waals surface area contributed by atoms with Crippen LogP contribution in [0, 0.1) is 0 Å². The van der Waals surface area contributed by atoms with Crippen molar-refractivity contribution in [1.29, 1.82) is 0 Å². The second-order valence-corrected chi connectivity index (χ2v) is 6.83. The number of piperazine rings is 3. The molecule has 0 spiro atoms. The molecule has 3 fully saturated rings. The molecule has 3 heterocycles. The quantitative estimate of drug-likeness (QED) is 0.526. The van der Waals surface area contributed by atoms with E-state index in [1.54, 1.807) is 28.4 Å². The maximum absolute atomic E-state index is 5.42. The zero-order valence-corrected chi connectivity index (χ0v) is 16.7. The lowest BCUT2D eigenvalue weighted by Crippen LogP contribution is -2.63. The van der Waals surface area contributed by atoms with E-state index in [1.165, 1.54) is 26.2 Å². The normalized spacial score (nSPS) is 24.4. The largest absolute Gasteiger partial charge is 0.493 e. The first-order valence-electron chi connectivity index (χ1n) is 9.38. The van der Waals surface area contributed by atoms with Gasteiger partial charge in [-0.1, -0.05) is 0 Å². The van der Waals surface area contributed by atoms with Crippen molar-refractivity contribution in [2.75, 3.05) is 67.6 Å². The van der Waals surface area contributed by atoms with Crippen LogP contribution in [0.1, 0.15) is 5.56 Å². The molecular weight excluding hydrogens is 346 g/mol. The Morgan fingerprint density at radius 2 is 1.70 bits per heavy atom. The van der Waals surface area contributed by atoms with Crippen LogP contribution in [0.2, 0.25) is 0 Å². The maximum Gasteiger partial charge on any atom is 0.203 e. The number of fused-ring (bicyclic) bond motifs is 3. The van der Waals surface area contributed by atoms with Gasteiger partial charge in [-0.2, -0.15) is 0 Å². The fraction of sp³-hybridized carbons (Fsp3) is 0.632.